The highest BCUT2D eigenvalue weighted by atomic mass is 35.5. The third-order valence-corrected chi connectivity index (χ3v) is 6.40. The number of thiophene rings is 1. The number of fused-ring (bicyclic) bond motifs is 3. The zero-order chi connectivity index (χ0) is 20.0. The Bertz CT molecular complexity index is 1480. The second-order valence-corrected chi connectivity index (χ2v) is 8.18. The second-order valence-electron chi connectivity index (χ2n) is 6.72. The number of hydrogen-bond donors (Lipinski definition) is 0. The van der Waals surface area contributed by atoms with E-state index in [2.05, 4.69) is 0 Å². The number of nitrogens with zero attached hydrogens (tertiary/aromatic N) is 2. The summed E-state index contributed by atoms with van der Waals surface area (Å²) in [6, 6.07) is 24.4. The first-order valence-electron chi connectivity index (χ1n) is 9.11. The minimum absolute atomic E-state index is 0.344. The highest BCUT2D eigenvalue weighted by Crippen LogP contribution is 2.31. The summed E-state index contributed by atoms with van der Waals surface area (Å²) in [6.07, 6.45) is 0. The lowest BCUT2D eigenvalue weighted by molar-refractivity contribution is 0.718. The first-order valence-corrected chi connectivity index (χ1v) is 10.3. The summed E-state index contributed by atoms with van der Waals surface area (Å²) in [4.78, 5) is 27.0. The normalized spacial score (nSPS) is 11.3. The van der Waals surface area contributed by atoms with Crippen LogP contribution in [0, 0.1) is 0 Å². The van der Waals surface area contributed by atoms with Crippen molar-refractivity contribution in [2.75, 3.05) is 0 Å². The highest BCUT2D eigenvalue weighted by Gasteiger charge is 2.20. The van der Waals surface area contributed by atoms with Gasteiger partial charge in [-0.25, -0.2) is 9.36 Å². The summed E-state index contributed by atoms with van der Waals surface area (Å²) in [5.74, 6) is 0. The molecule has 0 N–H and O–H groups in total. The molecule has 5 rings (SSSR count). The maximum atomic E-state index is 13.6. The number of hydrogen-bond acceptors (Lipinski definition) is 3. The van der Waals surface area contributed by atoms with Crippen molar-refractivity contribution in [2.45, 2.75) is 6.54 Å². The van der Waals surface area contributed by atoms with Crippen molar-refractivity contribution >= 4 is 43.2 Å². The molecular weight excluding hydrogens is 404 g/mol. The molecule has 0 spiro atoms. The van der Waals surface area contributed by atoms with Gasteiger partial charge in [0, 0.05) is 10.1 Å². The van der Waals surface area contributed by atoms with Crippen LogP contribution in [0.2, 0.25) is 5.02 Å². The zero-order valence-corrected chi connectivity index (χ0v) is 16.8. The van der Waals surface area contributed by atoms with Gasteiger partial charge in [0.15, 0.2) is 0 Å². The van der Waals surface area contributed by atoms with Crippen molar-refractivity contribution in [2.24, 2.45) is 0 Å². The van der Waals surface area contributed by atoms with Gasteiger partial charge in [-0.2, -0.15) is 0 Å². The standard InChI is InChI=1S/C23H15ClN2O2S/c24-17-11-5-6-12-18(17)26-22(27)21-20(16-10-4-7-13-19(16)29-21)25(23(26)28)14-15-8-2-1-3-9-15/h1-13H,14H2. The summed E-state index contributed by atoms with van der Waals surface area (Å²) >= 11 is 7.74. The molecule has 0 saturated heterocycles. The summed E-state index contributed by atoms with van der Waals surface area (Å²) in [5, 5.41) is 1.27. The molecule has 0 saturated carbocycles. The van der Waals surface area contributed by atoms with Crippen molar-refractivity contribution in [3.05, 3.63) is 110 Å². The molecule has 0 radical (unpaired) electrons. The van der Waals surface area contributed by atoms with E-state index in [9.17, 15) is 9.59 Å². The third-order valence-electron chi connectivity index (χ3n) is 4.94. The number of para-hydroxylation sites is 1. The van der Waals surface area contributed by atoms with Crippen molar-refractivity contribution in [3.63, 3.8) is 0 Å². The van der Waals surface area contributed by atoms with Crippen LogP contribution in [0.4, 0.5) is 0 Å². The largest absolute Gasteiger partial charge is 0.336 e. The Labute approximate surface area is 174 Å². The fraction of sp³-hybridized carbons (Fsp3) is 0.0435. The summed E-state index contributed by atoms with van der Waals surface area (Å²) in [5.41, 5.74) is 1.31. The number of rotatable bonds is 3. The van der Waals surface area contributed by atoms with Gasteiger partial charge < -0.3 is 0 Å². The fourth-order valence-corrected chi connectivity index (χ4v) is 4.96. The molecule has 0 aliphatic heterocycles. The van der Waals surface area contributed by atoms with Crippen LogP contribution in [0.3, 0.4) is 0 Å². The van der Waals surface area contributed by atoms with E-state index in [1.807, 2.05) is 54.6 Å². The Morgan fingerprint density at radius 1 is 0.828 bits per heavy atom. The van der Waals surface area contributed by atoms with Crippen LogP contribution in [0.15, 0.2) is 88.5 Å². The van der Waals surface area contributed by atoms with E-state index < -0.39 is 5.69 Å². The Balaban J connectivity index is 1.93. The van der Waals surface area contributed by atoms with Gasteiger partial charge in [-0.15, -0.1) is 11.3 Å². The molecule has 0 aliphatic carbocycles. The second kappa shape index (κ2) is 7.03. The molecule has 3 aromatic carbocycles. The van der Waals surface area contributed by atoms with Crippen LogP contribution in [-0.2, 0) is 6.54 Å². The first-order chi connectivity index (χ1) is 14.1. The molecule has 2 aromatic heterocycles. The molecular formula is C23H15ClN2O2S. The van der Waals surface area contributed by atoms with Gasteiger partial charge in [-0.3, -0.25) is 9.36 Å². The van der Waals surface area contributed by atoms with Crippen molar-refractivity contribution in [3.8, 4) is 5.69 Å². The maximum Gasteiger partial charge on any atom is 0.336 e. The molecule has 6 heteroatoms. The monoisotopic (exact) mass is 418 g/mol. The predicted octanol–water partition coefficient (Wildman–Crippen LogP) is 5.07. The summed E-state index contributed by atoms with van der Waals surface area (Å²) in [6.45, 7) is 0.363. The van der Waals surface area contributed by atoms with E-state index in [4.69, 9.17) is 11.6 Å². The Morgan fingerprint density at radius 3 is 2.31 bits per heavy atom. The minimum atomic E-state index is -0.400. The highest BCUT2D eigenvalue weighted by molar-refractivity contribution is 7.25. The maximum absolute atomic E-state index is 13.6. The average molecular weight is 419 g/mol. The topological polar surface area (TPSA) is 44.0 Å². The van der Waals surface area contributed by atoms with E-state index in [1.54, 1.807) is 28.8 Å². The van der Waals surface area contributed by atoms with Crippen LogP contribution in [-0.4, -0.2) is 9.13 Å². The van der Waals surface area contributed by atoms with Gasteiger partial charge in [0.25, 0.3) is 5.56 Å². The number of halogens is 1. The summed E-state index contributed by atoms with van der Waals surface area (Å²) < 4.78 is 4.37. The average Bonchev–Trinajstić information content (AvgIpc) is 3.13. The van der Waals surface area contributed by atoms with E-state index in [0.29, 0.717) is 27.5 Å². The molecule has 4 nitrogen and oxygen atoms in total. The Kier molecular flexibility index (Phi) is 4.34. The van der Waals surface area contributed by atoms with E-state index in [0.717, 1.165) is 15.6 Å². The molecule has 0 amide bonds. The SMILES string of the molecule is O=c1c2sc3ccccc3c2n(Cc2ccccc2)c(=O)n1-c1ccccc1Cl. The van der Waals surface area contributed by atoms with Crippen LogP contribution in [0.25, 0.3) is 26.0 Å². The van der Waals surface area contributed by atoms with Gasteiger partial charge in [-0.05, 0) is 23.8 Å². The zero-order valence-electron chi connectivity index (χ0n) is 15.2. The van der Waals surface area contributed by atoms with Crippen LogP contribution >= 0.6 is 22.9 Å². The molecule has 0 unspecified atom stereocenters. The lowest BCUT2D eigenvalue weighted by atomic mass is 10.2. The molecule has 29 heavy (non-hydrogen) atoms. The molecule has 2 heterocycles. The van der Waals surface area contributed by atoms with Gasteiger partial charge in [0.05, 0.1) is 22.8 Å². The smallest absolute Gasteiger partial charge is 0.287 e. The first kappa shape index (κ1) is 17.9. The Morgan fingerprint density at radius 2 is 1.52 bits per heavy atom. The fourth-order valence-electron chi connectivity index (χ4n) is 3.61. The molecule has 5 aromatic rings. The van der Waals surface area contributed by atoms with Gasteiger partial charge in [-0.1, -0.05) is 72.3 Å². The molecule has 0 fully saturated rings. The quantitative estimate of drug-likeness (QED) is 0.410. The molecule has 0 bridgehead atoms. The lowest BCUT2D eigenvalue weighted by Crippen LogP contribution is -2.38. The lowest BCUT2D eigenvalue weighted by Gasteiger charge is -2.13. The molecule has 0 aliphatic rings. The van der Waals surface area contributed by atoms with E-state index in [1.165, 1.54) is 15.9 Å². The van der Waals surface area contributed by atoms with Crippen LogP contribution in [0.1, 0.15) is 5.56 Å². The predicted molar refractivity (Wildman–Crippen MR) is 120 cm³/mol. The van der Waals surface area contributed by atoms with Gasteiger partial charge >= 0.3 is 5.69 Å². The summed E-state index contributed by atoms with van der Waals surface area (Å²) in [7, 11) is 0. The molecule has 0 atom stereocenters. The van der Waals surface area contributed by atoms with Crippen LogP contribution < -0.4 is 11.2 Å². The van der Waals surface area contributed by atoms with E-state index in [-0.39, 0.29) is 5.56 Å². The minimum Gasteiger partial charge on any atom is -0.287 e. The van der Waals surface area contributed by atoms with Crippen molar-refractivity contribution in [1.82, 2.24) is 9.13 Å². The van der Waals surface area contributed by atoms with Crippen LogP contribution in [0.5, 0.6) is 0 Å². The van der Waals surface area contributed by atoms with Gasteiger partial charge in [0.1, 0.15) is 4.70 Å². The van der Waals surface area contributed by atoms with Crippen molar-refractivity contribution < 1.29 is 0 Å². The van der Waals surface area contributed by atoms with E-state index >= 15 is 0 Å². The third kappa shape index (κ3) is 2.90. The number of aromatic nitrogens is 2. The molecule has 142 valence electrons. The van der Waals surface area contributed by atoms with Gasteiger partial charge in [0.2, 0.25) is 0 Å². The Hall–Kier alpha value is -3.15. The number of benzene rings is 3. The van der Waals surface area contributed by atoms with Crippen molar-refractivity contribution in [1.29, 1.82) is 0 Å².